The normalized spacial score (nSPS) is 18.6. The summed E-state index contributed by atoms with van der Waals surface area (Å²) in [6.45, 7) is 2.02. The zero-order valence-electron chi connectivity index (χ0n) is 27.6. The van der Waals surface area contributed by atoms with Gasteiger partial charge in [0, 0.05) is 12.8 Å². The van der Waals surface area contributed by atoms with Crippen LogP contribution in [-0.2, 0) is 27.0 Å². The van der Waals surface area contributed by atoms with E-state index < -0.39 is 0 Å². The van der Waals surface area contributed by atoms with Crippen molar-refractivity contribution < 1.29 is 23.7 Å². The van der Waals surface area contributed by atoms with Gasteiger partial charge < -0.3 is 23.7 Å². The number of benzene rings is 6. The Labute approximate surface area is 291 Å². The van der Waals surface area contributed by atoms with E-state index in [0.29, 0.717) is 6.61 Å². The zero-order chi connectivity index (χ0) is 32.8. The first kappa shape index (κ1) is 31.8. The average Bonchev–Trinajstić information content (AvgIpc) is 3.17. The van der Waals surface area contributed by atoms with Gasteiger partial charge >= 0.3 is 0 Å². The molecule has 0 spiro atoms. The third kappa shape index (κ3) is 7.42. The van der Waals surface area contributed by atoms with Crippen LogP contribution in [-0.4, -0.2) is 25.8 Å². The van der Waals surface area contributed by atoms with Crippen molar-refractivity contribution in [2.75, 3.05) is 13.2 Å². The van der Waals surface area contributed by atoms with Gasteiger partial charge in [0.05, 0.1) is 24.1 Å². The lowest BCUT2D eigenvalue weighted by molar-refractivity contribution is -0.106. The minimum atomic E-state index is -0.356. The van der Waals surface area contributed by atoms with Crippen molar-refractivity contribution in [3.8, 4) is 17.2 Å². The van der Waals surface area contributed by atoms with Gasteiger partial charge in [0.25, 0.3) is 0 Å². The minimum Gasteiger partial charge on any atom is -0.489 e. The van der Waals surface area contributed by atoms with Gasteiger partial charge in [-0.1, -0.05) is 48.5 Å². The van der Waals surface area contributed by atoms with Crippen LogP contribution in [0.3, 0.4) is 0 Å². The quantitative estimate of drug-likeness (QED) is 0.107. The van der Waals surface area contributed by atoms with Crippen LogP contribution in [0.4, 0.5) is 0 Å². The summed E-state index contributed by atoms with van der Waals surface area (Å²) in [5, 5.41) is 4.97. The smallest absolute Gasteiger partial charge is 0.199 e. The SMILES string of the molecule is c1ccc2c(c1)cc(COc1ccc([S+](c3ccc(OC4CCCCO4)cc3)c3ccc(OC4CCCCO4)cc3)cc1)c1ccccc12. The first-order valence-corrected chi connectivity index (χ1v) is 18.6. The second kappa shape index (κ2) is 15.0. The number of hydrogen-bond donors (Lipinski definition) is 0. The topological polar surface area (TPSA) is 46.2 Å². The molecule has 0 N–H and O–H groups in total. The highest BCUT2D eigenvalue weighted by Gasteiger charge is 2.29. The van der Waals surface area contributed by atoms with Crippen LogP contribution in [0.15, 0.2) is 142 Å². The fourth-order valence-corrected chi connectivity index (χ4v) is 8.75. The van der Waals surface area contributed by atoms with Gasteiger partial charge in [-0.2, -0.15) is 0 Å². The summed E-state index contributed by atoms with van der Waals surface area (Å²) in [5.74, 6) is 2.51. The Bertz CT molecular complexity index is 1920. The maximum atomic E-state index is 6.42. The molecule has 0 radical (unpaired) electrons. The fraction of sp³-hybridized carbons (Fsp3) is 0.256. The van der Waals surface area contributed by atoms with Gasteiger partial charge in [-0.05, 0) is 132 Å². The number of fused-ring (bicyclic) bond motifs is 3. The van der Waals surface area contributed by atoms with Crippen molar-refractivity contribution in [3.63, 3.8) is 0 Å². The summed E-state index contributed by atoms with van der Waals surface area (Å²) in [5.41, 5.74) is 1.18. The molecule has 2 atom stereocenters. The predicted octanol–water partition coefficient (Wildman–Crippen LogP) is 10.5. The molecule has 6 heteroatoms. The molecule has 8 rings (SSSR count). The molecule has 2 heterocycles. The first-order chi connectivity index (χ1) is 24.3. The van der Waals surface area contributed by atoms with Gasteiger partial charge in [-0.15, -0.1) is 0 Å². The monoisotopic (exact) mass is 669 g/mol. The molecule has 0 aliphatic carbocycles. The second-order valence-corrected chi connectivity index (χ2v) is 14.7. The average molecular weight is 670 g/mol. The molecule has 2 aliphatic rings. The summed E-state index contributed by atoms with van der Waals surface area (Å²) >= 11 is 0. The van der Waals surface area contributed by atoms with E-state index in [-0.39, 0.29) is 23.5 Å². The van der Waals surface area contributed by atoms with Crippen molar-refractivity contribution >= 4 is 32.4 Å². The molecule has 2 saturated heterocycles. The van der Waals surface area contributed by atoms with E-state index in [2.05, 4.69) is 127 Å². The highest BCUT2D eigenvalue weighted by molar-refractivity contribution is 7.97. The summed E-state index contributed by atoms with van der Waals surface area (Å²) in [4.78, 5) is 3.62. The molecule has 0 saturated carbocycles. The standard InChI is InChI=1S/C43H41O5S/c1-2-10-39-31(9-1)29-32(40-11-3-4-12-41(39)40)30-46-33-15-21-36(22-16-33)49(37-23-17-34(18-24-37)47-42-13-5-7-27-44-42)38-25-19-35(20-26-38)48-43-14-6-8-28-45-43/h1-4,9-12,15-26,29,42-43H,5-8,13-14,27-28,30H2/q+1. The molecule has 248 valence electrons. The van der Waals surface area contributed by atoms with Crippen LogP contribution in [0.2, 0.25) is 0 Å². The van der Waals surface area contributed by atoms with E-state index in [1.165, 1.54) is 41.8 Å². The maximum Gasteiger partial charge on any atom is 0.199 e. The van der Waals surface area contributed by atoms with Crippen LogP contribution in [0.5, 0.6) is 17.2 Å². The molecule has 2 unspecified atom stereocenters. The molecule has 5 nitrogen and oxygen atoms in total. The summed E-state index contributed by atoms with van der Waals surface area (Å²) in [6, 6.07) is 44.9. The van der Waals surface area contributed by atoms with Gasteiger partial charge in [-0.3, -0.25) is 0 Å². The van der Waals surface area contributed by atoms with Crippen LogP contribution in [0.1, 0.15) is 44.1 Å². The van der Waals surface area contributed by atoms with Crippen LogP contribution in [0.25, 0.3) is 21.5 Å². The summed E-state index contributed by atoms with van der Waals surface area (Å²) in [6.07, 6.45) is 5.99. The van der Waals surface area contributed by atoms with E-state index >= 15 is 0 Å². The van der Waals surface area contributed by atoms with Crippen molar-refractivity contribution in [3.05, 3.63) is 133 Å². The third-order valence-electron chi connectivity index (χ3n) is 9.24. The van der Waals surface area contributed by atoms with Gasteiger partial charge in [0.2, 0.25) is 0 Å². The Morgan fingerprint density at radius 1 is 0.510 bits per heavy atom. The lowest BCUT2D eigenvalue weighted by atomic mass is 9.98. The Balaban J connectivity index is 1.04. The number of ether oxygens (including phenoxy) is 5. The molecule has 0 amide bonds. The molecule has 6 aromatic rings. The predicted molar refractivity (Wildman–Crippen MR) is 196 cm³/mol. The zero-order valence-corrected chi connectivity index (χ0v) is 28.4. The fourth-order valence-electron chi connectivity index (χ4n) is 6.71. The van der Waals surface area contributed by atoms with Crippen molar-refractivity contribution in [1.82, 2.24) is 0 Å². The lowest BCUT2D eigenvalue weighted by Crippen LogP contribution is -2.25. The van der Waals surface area contributed by atoms with Gasteiger partial charge in [0.1, 0.15) is 23.9 Å². The molecule has 49 heavy (non-hydrogen) atoms. The first-order valence-electron chi connectivity index (χ1n) is 17.4. The Hall–Kier alpha value is -4.49. The van der Waals surface area contributed by atoms with Crippen LogP contribution in [0, 0.1) is 0 Å². The molecule has 2 fully saturated rings. The molecule has 2 aliphatic heterocycles. The third-order valence-corrected chi connectivity index (χ3v) is 11.5. The molecular weight excluding hydrogens is 629 g/mol. The Morgan fingerprint density at radius 3 is 1.53 bits per heavy atom. The molecule has 6 aromatic carbocycles. The summed E-state index contributed by atoms with van der Waals surface area (Å²) in [7, 11) is -0.356. The summed E-state index contributed by atoms with van der Waals surface area (Å²) < 4.78 is 30.3. The number of hydrogen-bond acceptors (Lipinski definition) is 5. The highest BCUT2D eigenvalue weighted by Crippen LogP contribution is 2.35. The van der Waals surface area contributed by atoms with Crippen molar-refractivity contribution in [2.45, 2.75) is 72.4 Å². The minimum absolute atomic E-state index is 0.168. The van der Waals surface area contributed by atoms with Gasteiger partial charge in [-0.25, -0.2) is 0 Å². The molecule has 0 aromatic heterocycles. The van der Waals surface area contributed by atoms with E-state index in [0.717, 1.165) is 69.0 Å². The van der Waals surface area contributed by atoms with Crippen LogP contribution < -0.4 is 14.2 Å². The van der Waals surface area contributed by atoms with E-state index in [9.17, 15) is 0 Å². The van der Waals surface area contributed by atoms with E-state index in [1.54, 1.807) is 0 Å². The second-order valence-electron chi connectivity index (χ2n) is 12.6. The van der Waals surface area contributed by atoms with Crippen LogP contribution >= 0.6 is 0 Å². The largest absolute Gasteiger partial charge is 0.489 e. The maximum absolute atomic E-state index is 6.42. The molecule has 0 bridgehead atoms. The van der Waals surface area contributed by atoms with E-state index in [4.69, 9.17) is 23.7 Å². The van der Waals surface area contributed by atoms with E-state index in [1.807, 2.05) is 0 Å². The Kier molecular flexibility index (Phi) is 9.69. The Morgan fingerprint density at radius 2 is 1.00 bits per heavy atom. The van der Waals surface area contributed by atoms with Crippen molar-refractivity contribution in [1.29, 1.82) is 0 Å². The molecular formula is C43H41O5S+. The van der Waals surface area contributed by atoms with Crippen molar-refractivity contribution in [2.24, 2.45) is 0 Å². The lowest BCUT2D eigenvalue weighted by Gasteiger charge is -2.23. The highest BCUT2D eigenvalue weighted by atomic mass is 32.2. The van der Waals surface area contributed by atoms with Gasteiger partial charge in [0.15, 0.2) is 27.3 Å². The number of rotatable bonds is 10.